The Balaban J connectivity index is -0.0000000886. The zero-order chi connectivity index (χ0) is 9.86. The van der Waals surface area contributed by atoms with Crippen LogP contribution < -0.4 is 0 Å². The molecule has 0 spiro atoms. The molecule has 0 radical (unpaired) electrons. The highest BCUT2D eigenvalue weighted by Crippen LogP contribution is 1.61. The lowest BCUT2D eigenvalue weighted by atomic mass is 10.6. The second-order valence-electron chi connectivity index (χ2n) is 2.05. The van der Waals surface area contributed by atoms with Gasteiger partial charge in [-0.2, -0.15) is 0 Å². The average Bonchev–Trinajstić information content (AvgIpc) is 1.60. The summed E-state index contributed by atoms with van der Waals surface area (Å²) in [4.78, 5) is 19.2. The third-order valence-corrected chi connectivity index (χ3v) is 0. The number of hydrogen-bond donors (Lipinski definition) is 0. The highest BCUT2D eigenvalue weighted by molar-refractivity contribution is 7.80. The normalized spacial score (nSPS) is 5.91. The summed E-state index contributed by atoms with van der Waals surface area (Å²) in [5, 5.41) is 0. The van der Waals surface area contributed by atoms with Crippen molar-refractivity contribution in [1.29, 1.82) is 0 Å². The highest BCUT2D eigenvalue weighted by Gasteiger charge is 1.62. The fourth-order valence-electron chi connectivity index (χ4n) is 0. The predicted molar refractivity (Wildman–Crippen MR) is 52.0 cm³/mol. The van der Waals surface area contributed by atoms with Gasteiger partial charge in [-0.1, -0.05) is 12.2 Å². The summed E-state index contributed by atoms with van der Waals surface area (Å²) in [6.45, 7) is 8.30. The molecule has 66 valence electrons. The first-order valence-electron chi connectivity index (χ1n) is 3.22. The van der Waals surface area contributed by atoms with Gasteiger partial charge >= 0.3 is 0 Å². The third kappa shape index (κ3) is 1600. The van der Waals surface area contributed by atoms with Gasteiger partial charge in [0.15, 0.2) is 0 Å². The maximum absolute atomic E-state index is 9.44. The summed E-state index contributed by atoms with van der Waals surface area (Å²) in [5.41, 5.74) is 0. The van der Waals surface area contributed by atoms with E-state index in [9.17, 15) is 4.79 Å². The van der Waals surface area contributed by atoms with Crippen LogP contribution >= 0.6 is 12.2 Å². The van der Waals surface area contributed by atoms with Crippen molar-refractivity contribution in [2.24, 2.45) is 0 Å². The van der Waals surface area contributed by atoms with Gasteiger partial charge in [-0.25, -0.2) is 0 Å². The minimum absolute atomic E-state index is 0.167. The van der Waals surface area contributed by atoms with E-state index in [-0.39, 0.29) is 5.78 Å². The summed E-state index contributed by atoms with van der Waals surface area (Å²) < 4.78 is 0. The summed E-state index contributed by atoms with van der Waals surface area (Å²) in [5.74, 6) is 0.167. The van der Waals surface area contributed by atoms with Crippen LogP contribution in [0.3, 0.4) is 0 Å². The minimum atomic E-state index is 0.167. The molecule has 0 fully saturated rings. The van der Waals surface area contributed by atoms with E-state index in [0.29, 0.717) is 0 Å². The SMILES string of the molecule is CC(C)=O.CC(C)=S.CC=O. The van der Waals surface area contributed by atoms with Crippen LogP contribution in [0.5, 0.6) is 0 Å². The van der Waals surface area contributed by atoms with Gasteiger partial charge in [0, 0.05) is 0 Å². The molecule has 0 saturated carbocycles. The number of rotatable bonds is 0. The minimum Gasteiger partial charge on any atom is -0.304 e. The molecular formula is C8H16O2S. The fraction of sp³-hybridized carbons (Fsp3) is 0.625. The second kappa shape index (κ2) is 16.2. The summed E-state index contributed by atoms with van der Waals surface area (Å²) in [7, 11) is 0. The van der Waals surface area contributed by atoms with Crippen LogP contribution in [-0.2, 0) is 9.59 Å². The van der Waals surface area contributed by atoms with Gasteiger partial charge in [-0.05, 0) is 39.5 Å². The second-order valence-corrected chi connectivity index (χ2v) is 2.87. The van der Waals surface area contributed by atoms with Crippen molar-refractivity contribution >= 4 is 29.2 Å². The number of carbonyl (C=O) groups is 2. The maximum Gasteiger partial charge on any atom is 0.126 e. The number of ketones is 1. The summed E-state index contributed by atoms with van der Waals surface area (Å²) in [6, 6.07) is 0. The van der Waals surface area contributed by atoms with Gasteiger partial charge in [-0.3, -0.25) is 0 Å². The fourth-order valence-corrected chi connectivity index (χ4v) is 0. The first-order valence-corrected chi connectivity index (χ1v) is 3.63. The van der Waals surface area contributed by atoms with Gasteiger partial charge < -0.3 is 9.59 Å². The Morgan fingerprint density at radius 3 is 1.18 bits per heavy atom. The molecule has 0 N–H and O–H groups in total. The maximum atomic E-state index is 9.44. The van der Waals surface area contributed by atoms with Crippen LogP contribution in [0.15, 0.2) is 0 Å². The molecule has 0 amide bonds. The Bertz CT molecular complexity index is 99.3. The molecule has 0 aromatic heterocycles. The van der Waals surface area contributed by atoms with Gasteiger partial charge in [0.25, 0.3) is 0 Å². The van der Waals surface area contributed by atoms with Gasteiger partial charge in [0.2, 0.25) is 0 Å². The zero-order valence-corrected chi connectivity index (χ0v) is 8.62. The lowest BCUT2D eigenvalue weighted by molar-refractivity contribution is -0.115. The Morgan fingerprint density at radius 1 is 1.18 bits per heavy atom. The van der Waals surface area contributed by atoms with Crippen LogP contribution in [0, 0.1) is 0 Å². The van der Waals surface area contributed by atoms with Gasteiger partial charge in [0.05, 0.1) is 0 Å². The van der Waals surface area contributed by atoms with E-state index in [1.165, 1.54) is 20.8 Å². The Labute approximate surface area is 74.0 Å². The van der Waals surface area contributed by atoms with Gasteiger partial charge in [-0.15, -0.1) is 0 Å². The molecule has 0 heterocycles. The summed E-state index contributed by atoms with van der Waals surface area (Å²) in [6.07, 6.45) is 0.750. The van der Waals surface area contributed by atoms with Crippen LogP contribution in [0.2, 0.25) is 0 Å². The third-order valence-electron chi connectivity index (χ3n) is 0. The Hall–Kier alpha value is -0.570. The van der Waals surface area contributed by atoms with E-state index in [0.717, 1.165) is 11.2 Å². The average molecular weight is 176 g/mol. The van der Waals surface area contributed by atoms with E-state index < -0.39 is 0 Å². The topological polar surface area (TPSA) is 34.1 Å². The molecule has 0 saturated heterocycles. The molecule has 0 bridgehead atoms. The van der Waals surface area contributed by atoms with Crippen LogP contribution in [-0.4, -0.2) is 16.9 Å². The Kier molecular flexibility index (Phi) is 24.8. The predicted octanol–water partition coefficient (Wildman–Crippen LogP) is 2.20. The van der Waals surface area contributed by atoms with Crippen LogP contribution in [0.4, 0.5) is 0 Å². The van der Waals surface area contributed by atoms with E-state index in [4.69, 9.17) is 4.79 Å². The van der Waals surface area contributed by atoms with E-state index in [1.807, 2.05) is 13.8 Å². The first-order chi connectivity index (χ1) is 4.88. The molecule has 0 rings (SSSR count). The van der Waals surface area contributed by atoms with Crippen molar-refractivity contribution in [3.05, 3.63) is 0 Å². The van der Waals surface area contributed by atoms with Crippen LogP contribution in [0.1, 0.15) is 34.6 Å². The van der Waals surface area contributed by atoms with Crippen molar-refractivity contribution < 1.29 is 9.59 Å². The molecule has 0 aliphatic heterocycles. The van der Waals surface area contributed by atoms with Crippen molar-refractivity contribution in [3.8, 4) is 0 Å². The van der Waals surface area contributed by atoms with Crippen LogP contribution in [0.25, 0.3) is 0 Å². The van der Waals surface area contributed by atoms with Crippen molar-refractivity contribution in [1.82, 2.24) is 0 Å². The molecule has 0 atom stereocenters. The van der Waals surface area contributed by atoms with Crippen molar-refractivity contribution in [3.63, 3.8) is 0 Å². The molecule has 0 aliphatic carbocycles. The lowest BCUT2D eigenvalue weighted by Crippen LogP contribution is -1.69. The van der Waals surface area contributed by atoms with E-state index in [2.05, 4.69) is 12.2 Å². The number of Topliss-reactive ketones (excluding diaryl/α,β-unsaturated/α-hetero) is 1. The molecular weight excluding hydrogens is 160 g/mol. The highest BCUT2D eigenvalue weighted by atomic mass is 32.1. The quantitative estimate of drug-likeness (QED) is 0.419. The van der Waals surface area contributed by atoms with E-state index in [1.54, 1.807) is 0 Å². The zero-order valence-electron chi connectivity index (χ0n) is 7.80. The monoisotopic (exact) mass is 176 g/mol. The number of carbonyl (C=O) groups excluding carboxylic acids is 2. The molecule has 11 heavy (non-hydrogen) atoms. The van der Waals surface area contributed by atoms with Crippen molar-refractivity contribution in [2.45, 2.75) is 34.6 Å². The summed E-state index contributed by atoms with van der Waals surface area (Å²) >= 11 is 4.54. The molecule has 0 aromatic rings. The Morgan fingerprint density at radius 2 is 1.18 bits per heavy atom. The number of aldehydes is 1. The first kappa shape index (κ1) is 16.8. The van der Waals surface area contributed by atoms with E-state index >= 15 is 0 Å². The molecule has 2 nitrogen and oxygen atoms in total. The smallest absolute Gasteiger partial charge is 0.126 e. The molecule has 0 aromatic carbocycles. The molecule has 0 unspecified atom stereocenters. The van der Waals surface area contributed by atoms with Gasteiger partial charge in [0.1, 0.15) is 12.1 Å². The number of thiocarbonyl (C=S) groups is 1. The van der Waals surface area contributed by atoms with Crippen molar-refractivity contribution in [2.75, 3.05) is 0 Å². The molecule has 3 heteroatoms. The largest absolute Gasteiger partial charge is 0.304 e. The number of hydrogen-bond acceptors (Lipinski definition) is 3. The molecule has 0 aliphatic rings. The lowest BCUT2D eigenvalue weighted by Gasteiger charge is -1.61. The standard InChI is InChI=1S/C3H6O.C3H6S.C2H4O/c2*1-3(2)4;1-2-3/h2*1-2H3;2H,1H3.